The number of nitrogens with zero attached hydrogens (tertiary/aromatic N) is 2. The molecule has 0 aliphatic rings. The molecule has 1 aromatic heterocycles. The fourth-order valence-electron chi connectivity index (χ4n) is 1.44. The van der Waals surface area contributed by atoms with Crippen LogP contribution in [0.3, 0.4) is 0 Å². The van der Waals surface area contributed by atoms with Gasteiger partial charge in [-0.1, -0.05) is 0 Å². The molecule has 3 nitrogen and oxygen atoms in total. The average Bonchev–Trinajstić information content (AvgIpc) is 2.53. The Labute approximate surface area is 95.2 Å². The van der Waals surface area contributed by atoms with E-state index >= 15 is 0 Å². The van der Waals surface area contributed by atoms with Crippen molar-refractivity contribution in [2.75, 3.05) is 6.54 Å². The molecule has 0 radical (unpaired) electrons. The molecular formula is C11H17N3S. The summed E-state index contributed by atoms with van der Waals surface area (Å²) in [6.07, 6.45) is 0. The highest BCUT2D eigenvalue weighted by Gasteiger charge is 2.13. The highest BCUT2D eigenvalue weighted by Crippen LogP contribution is 2.24. The normalized spacial score (nSPS) is 14.6. The van der Waals surface area contributed by atoms with Gasteiger partial charge in [0.2, 0.25) is 0 Å². The number of aryl methyl sites for hydroxylation is 2. The van der Waals surface area contributed by atoms with Crippen LogP contribution in [0.25, 0.3) is 0 Å². The predicted molar refractivity (Wildman–Crippen MR) is 62.8 cm³/mol. The summed E-state index contributed by atoms with van der Waals surface area (Å²) >= 11 is 1.73. The molecule has 15 heavy (non-hydrogen) atoms. The Morgan fingerprint density at radius 3 is 2.60 bits per heavy atom. The maximum absolute atomic E-state index is 8.68. The molecule has 0 amide bonds. The summed E-state index contributed by atoms with van der Waals surface area (Å²) in [6, 6.07) is 2.50. The molecule has 2 unspecified atom stereocenters. The first-order valence-corrected chi connectivity index (χ1v) is 5.93. The van der Waals surface area contributed by atoms with Crippen LogP contribution in [0.15, 0.2) is 0 Å². The minimum Gasteiger partial charge on any atom is -0.308 e. The van der Waals surface area contributed by atoms with Gasteiger partial charge >= 0.3 is 0 Å². The van der Waals surface area contributed by atoms with Crippen LogP contribution in [-0.4, -0.2) is 11.5 Å². The summed E-state index contributed by atoms with van der Waals surface area (Å²) in [5.41, 5.74) is 1.10. The lowest BCUT2D eigenvalue weighted by atomic mass is 10.2. The van der Waals surface area contributed by atoms with E-state index in [1.807, 2.05) is 20.8 Å². The third-order valence-corrected chi connectivity index (χ3v) is 3.54. The van der Waals surface area contributed by atoms with Crippen LogP contribution < -0.4 is 5.32 Å². The third-order valence-electron chi connectivity index (χ3n) is 2.28. The van der Waals surface area contributed by atoms with Gasteiger partial charge in [0.15, 0.2) is 0 Å². The van der Waals surface area contributed by atoms with Crippen LogP contribution in [0.2, 0.25) is 0 Å². The Morgan fingerprint density at radius 1 is 1.47 bits per heavy atom. The molecule has 1 N–H and O–H groups in total. The van der Waals surface area contributed by atoms with Crippen molar-refractivity contribution < 1.29 is 0 Å². The lowest BCUT2D eigenvalue weighted by Gasteiger charge is -2.13. The quantitative estimate of drug-likeness (QED) is 0.853. The summed E-state index contributed by atoms with van der Waals surface area (Å²) in [4.78, 5) is 5.67. The monoisotopic (exact) mass is 223 g/mol. The lowest BCUT2D eigenvalue weighted by Crippen LogP contribution is -2.23. The molecule has 0 aliphatic carbocycles. The van der Waals surface area contributed by atoms with Gasteiger partial charge in [0.25, 0.3) is 0 Å². The van der Waals surface area contributed by atoms with Crippen LogP contribution in [-0.2, 0) is 0 Å². The zero-order chi connectivity index (χ0) is 11.4. The van der Waals surface area contributed by atoms with Crippen LogP contribution in [0, 0.1) is 31.1 Å². The van der Waals surface area contributed by atoms with Gasteiger partial charge in [0, 0.05) is 17.5 Å². The number of nitriles is 1. The molecule has 1 rings (SSSR count). The molecule has 1 aromatic rings. The van der Waals surface area contributed by atoms with E-state index in [1.54, 1.807) is 11.3 Å². The van der Waals surface area contributed by atoms with Gasteiger partial charge in [-0.2, -0.15) is 5.26 Å². The summed E-state index contributed by atoms with van der Waals surface area (Å²) in [5, 5.41) is 13.1. The third kappa shape index (κ3) is 3.29. The summed E-state index contributed by atoms with van der Waals surface area (Å²) in [6.45, 7) is 8.82. The highest BCUT2D eigenvalue weighted by molar-refractivity contribution is 7.11. The second-order valence-electron chi connectivity index (χ2n) is 3.84. The first-order valence-electron chi connectivity index (χ1n) is 5.11. The molecule has 0 aliphatic heterocycles. The standard InChI is InChI=1S/C11H17N3S/c1-7(5-12)6-13-8(2)11-9(3)14-10(4)15-11/h7-8,13H,6H2,1-4H3. The smallest absolute Gasteiger partial charge is 0.0900 e. The van der Waals surface area contributed by atoms with Gasteiger partial charge in [-0.3, -0.25) is 0 Å². The minimum atomic E-state index is 0.0572. The van der Waals surface area contributed by atoms with E-state index in [0.717, 1.165) is 17.2 Å². The van der Waals surface area contributed by atoms with E-state index in [-0.39, 0.29) is 12.0 Å². The van der Waals surface area contributed by atoms with Crippen molar-refractivity contribution in [3.8, 4) is 6.07 Å². The fraction of sp³-hybridized carbons (Fsp3) is 0.636. The first kappa shape index (κ1) is 12.2. The van der Waals surface area contributed by atoms with Gasteiger partial charge in [-0.25, -0.2) is 4.98 Å². The minimum absolute atomic E-state index is 0.0572. The number of thiazole rings is 1. The maximum atomic E-state index is 8.68. The van der Waals surface area contributed by atoms with E-state index < -0.39 is 0 Å². The Morgan fingerprint density at radius 2 is 2.13 bits per heavy atom. The Kier molecular flexibility index (Phi) is 4.25. The van der Waals surface area contributed by atoms with Crippen molar-refractivity contribution in [3.05, 3.63) is 15.6 Å². The molecule has 0 spiro atoms. The van der Waals surface area contributed by atoms with Crippen LogP contribution >= 0.6 is 11.3 Å². The van der Waals surface area contributed by atoms with E-state index in [2.05, 4.69) is 23.3 Å². The second kappa shape index (κ2) is 5.24. The van der Waals surface area contributed by atoms with Crippen molar-refractivity contribution in [2.45, 2.75) is 33.7 Å². The summed E-state index contributed by atoms with van der Waals surface area (Å²) in [5.74, 6) is 0.0572. The zero-order valence-corrected chi connectivity index (χ0v) is 10.5. The molecule has 0 saturated heterocycles. The predicted octanol–water partition coefficient (Wildman–Crippen LogP) is 2.57. The van der Waals surface area contributed by atoms with Gasteiger partial charge in [0.05, 0.1) is 22.7 Å². The number of nitrogens with one attached hydrogen (secondary N) is 1. The van der Waals surface area contributed by atoms with Gasteiger partial charge in [-0.05, 0) is 27.7 Å². The van der Waals surface area contributed by atoms with Crippen LogP contribution in [0.5, 0.6) is 0 Å². The van der Waals surface area contributed by atoms with Crippen molar-refractivity contribution in [3.63, 3.8) is 0 Å². The molecule has 4 heteroatoms. The van der Waals surface area contributed by atoms with Gasteiger partial charge in [0.1, 0.15) is 0 Å². The number of aromatic nitrogens is 1. The largest absolute Gasteiger partial charge is 0.308 e. The lowest BCUT2D eigenvalue weighted by molar-refractivity contribution is 0.531. The summed E-state index contributed by atoms with van der Waals surface area (Å²) in [7, 11) is 0. The van der Waals surface area contributed by atoms with Gasteiger partial charge < -0.3 is 5.32 Å². The SMILES string of the molecule is Cc1nc(C)c(C(C)NCC(C)C#N)s1. The molecule has 0 saturated carbocycles. The Balaban J connectivity index is 2.58. The summed E-state index contributed by atoms with van der Waals surface area (Å²) < 4.78 is 0. The van der Waals surface area contributed by atoms with Crippen LogP contribution in [0.4, 0.5) is 0 Å². The molecule has 2 atom stereocenters. The zero-order valence-electron chi connectivity index (χ0n) is 9.66. The first-order chi connectivity index (χ1) is 7.04. The van der Waals surface area contributed by atoms with Crippen LogP contribution in [0.1, 0.15) is 35.5 Å². The van der Waals surface area contributed by atoms with Crippen molar-refractivity contribution in [1.29, 1.82) is 5.26 Å². The molecule has 0 fully saturated rings. The second-order valence-corrected chi connectivity index (χ2v) is 5.08. The van der Waals surface area contributed by atoms with Crippen molar-refractivity contribution in [1.82, 2.24) is 10.3 Å². The van der Waals surface area contributed by atoms with Gasteiger partial charge in [-0.15, -0.1) is 11.3 Å². The topological polar surface area (TPSA) is 48.7 Å². The molecule has 82 valence electrons. The van der Waals surface area contributed by atoms with Crippen molar-refractivity contribution >= 4 is 11.3 Å². The van der Waals surface area contributed by atoms with Crippen molar-refractivity contribution in [2.24, 2.45) is 5.92 Å². The van der Waals surface area contributed by atoms with E-state index in [0.29, 0.717) is 0 Å². The highest BCUT2D eigenvalue weighted by atomic mass is 32.1. The van der Waals surface area contributed by atoms with E-state index in [9.17, 15) is 0 Å². The average molecular weight is 223 g/mol. The Hall–Kier alpha value is -0.920. The van der Waals surface area contributed by atoms with E-state index in [4.69, 9.17) is 5.26 Å². The van der Waals surface area contributed by atoms with E-state index in [1.165, 1.54) is 4.88 Å². The Bertz CT molecular complexity index is 364. The molecule has 0 aromatic carbocycles. The molecular weight excluding hydrogens is 206 g/mol. The number of rotatable bonds is 4. The number of hydrogen-bond donors (Lipinski definition) is 1. The maximum Gasteiger partial charge on any atom is 0.0900 e. The number of hydrogen-bond acceptors (Lipinski definition) is 4. The molecule has 0 bridgehead atoms. The fourth-order valence-corrected chi connectivity index (χ4v) is 2.39. The molecule has 1 heterocycles.